The fourth-order valence-electron chi connectivity index (χ4n) is 2.49. The van der Waals surface area contributed by atoms with Gasteiger partial charge in [-0.2, -0.15) is 0 Å². The molecule has 1 heterocycles. The lowest BCUT2D eigenvalue weighted by atomic mass is 9.97. The van der Waals surface area contributed by atoms with Crippen molar-refractivity contribution in [2.45, 2.75) is 19.1 Å². The Kier molecular flexibility index (Phi) is 3.79. The zero-order chi connectivity index (χ0) is 13.8. The molecule has 0 aliphatic carbocycles. The van der Waals surface area contributed by atoms with Crippen molar-refractivity contribution in [3.63, 3.8) is 0 Å². The molecule has 3 heteroatoms. The highest BCUT2D eigenvalue weighted by atomic mass is 16.5. The van der Waals surface area contributed by atoms with Crippen molar-refractivity contribution < 1.29 is 9.53 Å². The van der Waals surface area contributed by atoms with Crippen molar-refractivity contribution in [1.29, 1.82) is 0 Å². The van der Waals surface area contributed by atoms with Crippen LogP contribution in [0.3, 0.4) is 0 Å². The van der Waals surface area contributed by atoms with Gasteiger partial charge in [0.2, 0.25) is 0 Å². The molecule has 1 aliphatic heterocycles. The predicted molar refractivity (Wildman–Crippen MR) is 77.1 cm³/mol. The fourth-order valence-corrected chi connectivity index (χ4v) is 2.49. The second-order valence-electron chi connectivity index (χ2n) is 4.90. The number of rotatable bonds is 3. The Morgan fingerprint density at radius 1 is 1.10 bits per heavy atom. The number of nitrogens with one attached hydrogen (secondary N) is 1. The third-order valence-corrected chi connectivity index (χ3v) is 3.54. The lowest BCUT2D eigenvalue weighted by Crippen LogP contribution is -2.33. The summed E-state index contributed by atoms with van der Waals surface area (Å²) in [4.78, 5) is 12.3. The van der Waals surface area contributed by atoms with Crippen LogP contribution in [0.1, 0.15) is 22.8 Å². The Labute approximate surface area is 118 Å². The first-order chi connectivity index (χ1) is 9.84. The van der Waals surface area contributed by atoms with Gasteiger partial charge in [-0.1, -0.05) is 54.6 Å². The molecule has 3 rings (SSSR count). The van der Waals surface area contributed by atoms with Gasteiger partial charge in [-0.3, -0.25) is 4.79 Å². The van der Waals surface area contributed by atoms with Crippen molar-refractivity contribution in [3.05, 3.63) is 71.3 Å². The van der Waals surface area contributed by atoms with Crippen LogP contribution in [-0.2, 0) is 22.5 Å². The highest BCUT2D eigenvalue weighted by Crippen LogP contribution is 2.26. The zero-order valence-electron chi connectivity index (χ0n) is 11.2. The lowest BCUT2D eigenvalue weighted by molar-refractivity contribution is -0.134. The van der Waals surface area contributed by atoms with Crippen molar-refractivity contribution in [2.75, 3.05) is 6.61 Å². The average Bonchev–Trinajstić information content (AvgIpc) is 2.53. The molecule has 1 atom stereocenters. The summed E-state index contributed by atoms with van der Waals surface area (Å²) < 4.78 is 5.64. The van der Waals surface area contributed by atoms with Crippen LogP contribution in [0, 0.1) is 0 Å². The third-order valence-electron chi connectivity index (χ3n) is 3.54. The summed E-state index contributed by atoms with van der Waals surface area (Å²) in [5.41, 5.74) is 3.29. The van der Waals surface area contributed by atoms with Crippen molar-refractivity contribution >= 4 is 5.91 Å². The normalized spacial score (nSPS) is 17.3. The van der Waals surface area contributed by atoms with E-state index in [9.17, 15) is 4.79 Å². The molecule has 0 saturated carbocycles. The minimum Gasteiger partial charge on any atom is -0.363 e. The van der Waals surface area contributed by atoms with E-state index in [2.05, 4.69) is 11.4 Å². The Morgan fingerprint density at radius 3 is 2.70 bits per heavy atom. The van der Waals surface area contributed by atoms with E-state index in [1.807, 2.05) is 48.5 Å². The maximum Gasteiger partial charge on any atom is 0.254 e. The standard InChI is InChI=1S/C17H17NO2/c19-17(18-12-13-6-2-1-3-7-13)16-15-9-5-4-8-14(15)10-11-20-16/h1-9,16H,10-12H2,(H,18,19)/t16-/m0/s1. The molecule has 0 unspecified atom stereocenters. The highest BCUT2D eigenvalue weighted by Gasteiger charge is 2.26. The first kappa shape index (κ1) is 12.9. The van der Waals surface area contributed by atoms with Gasteiger partial charge in [0.05, 0.1) is 6.61 Å². The number of amides is 1. The van der Waals surface area contributed by atoms with Crippen molar-refractivity contribution in [2.24, 2.45) is 0 Å². The summed E-state index contributed by atoms with van der Waals surface area (Å²) in [6.45, 7) is 1.13. The Bertz CT molecular complexity index is 595. The second-order valence-corrected chi connectivity index (χ2v) is 4.90. The van der Waals surface area contributed by atoms with Crippen LogP contribution in [0.15, 0.2) is 54.6 Å². The Balaban J connectivity index is 1.69. The number of hydrogen-bond donors (Lipinski definition) is 1. The van der Waals surface area contributed by atoms with Gasteiger partial charge in [-0.15, -0.1) is 0 Å². The van der Waals surface area contributed by atoms with Crippen molar-refractivity contribution in [1.82, 2.24) is 5.32 Å². The summed E-state index contributed by atoms with van der Waals surface area (Å²) in [5.74, 6) is -0.0685. The molecule has 0 fully saturated rings. The molecular formula is C17H17NO2. The van der Waals surface area contributed by atoms with Gasteiger partial charge in [-0.05, 0) is 23.1 Å². The van der Waals surface area contributed by atoms with Gasteiger partial charge in [0.1, 0.15) is 0 Å². The monoisotopic (exact) mass is 267 g/mol. The number of ether oxygens (including phenoxy) is 1. The van der Waals surface area contributed by atoms with E-state index in [1.165, 1.54) is 5.56 Å². The number of carbonyl (C=O) groups is 1. The van der Waals surface area contributed by atoms with E-state index in [0.29, 0.717) is 13.2 Å². The maximum absolute atomic E-state index is 12.3. The topological polar surface area (TPSA) is 38.3 Å². The molecule has 1 amide bonds. The van der Waals surface area contributed by atoms with Gasteiger partial charge in [0.25, 0.3) is 5.91 Å². The summed E-state index contributed by atoms with van der Waals surface area (Å²) in [5, 5.41) is 2.95. The van der Waals surface area contributed by atoms with Gasteiger partial charge < -0.3 is 10.1 Å². The molecule has 0 saturated heterocycles. The van der Waals surface area contributed by atoms with Crippen LogP contribution >= 0.6 is 0 Å². The maximum atomic E-state index is 12.3. The van der Waals surface area contributed by atoms with Crippen LogP contribution in [-0.4, -0.2) is 12.5 Å². The number of carbonyl (C=O) groups excluding carboxylic acids is 1. The lowest BCUT2D eigenvalue weighted by Gasteiger charge is -2.25. The van der Waals surface area contributed by atoms with Crippen LogP contribution in [0.4, 0.5) is 0 Å². The van der Waals surface area contributed by atoms with Gasteiger partial charge >= 0.3 is 0 Å². The molecule has 0 spiro atoms. The van der Waals surface area contributed by atoms with Gasteiger partial charge in [-0.25, -0.2) is 0 Å². The number of benzene rings is 2. The van der Waals surface area contributed by atoms with Crippen LogP contribution in [0.2, 0.25) is 0 Å². The zero-order valence-corrected chi connectivity index (χ0v) is 11.2. The molecule has 2 aromatic carbocycles. The van der Waals surface area contributed by atoms with Gasteiger partial charge in [0, 0.05) is 6.54 Å². The molecular weight excluding hydrogens is 250 g/mol. The molecule has 1 N–H and O–H groups in total. The molecule has 1 aliphatic rings. The molecule has 102 valence electrons. The molecule has 3 nitrogen and oxygen atoms in total. The largest absolute Gasteiger partial charge is 0.363 e. The summed E-state index contributed by atoms with van der Waals surface area (Å²) >= 11 is 0. The van der Waals surface area contributed by atoms with Crippen LogP contribution in [0.25, 0.3) is 0 Å². The summed E-state index contributed by atoms with van der Waals surface area (Å²) in [6.07, 6.45) is 0.391. The third kappa shape index (κ3) is 2.73. The van der Waals surface area contributed by atoms with E-state index >= 15 is 0 Å². The minimum atomic E-state index is -0.483. The number of hydrogen-bond acceptors (Lipinski definition) is 2. The van der Waals surface area contributed by atoms with E-state index in [-0.39, 0.29) is 5.91 Å². The van der Waals surface area contributed by atoms with E-state index < -0.39 is 6.10 Å². The Morgan fingerprint density at radius 2 is 1.85 bits per heavy atom. The summed E-state index contributed by atoms with van der Waals surface area (Å²) in [6, 6.07) is 17.9. The number of fused-ring (bicyclic) bond motifs is 1. The van der Waals surface area contributed by atoms with E-state index in [4.69, 9.17) is 4.74 Å². The van der Waals surface area contributed by atoms with Crippen molar-refractivity contribution in [3.8, 4) is 0 Å². The SMILES string of the molecule is O=C(NCc1ccccc1)[C@H]1OCCc2ccccc21. The molecule has 0 radical (unpaired) electrons. The second kappa shape index (κ2) is 5.88. The molecule has 0 aromatic heterocycles. The average molecular weight is 267 g/mol. The first-order valence-corrected chi connectivity index (χ1v) is 6.85. The quantitative estimate of drug-likeness (QED) is 0.928. The molecule has 2 aromatic rings. The van der Waals surface area contributed by atoms with Gasteiger partial charge in [0.15, 0.2) is 6.10 Å². The summed E-state index contributed by atoms with van der Waals surface area (Å²) in [7, 11) is 0. The first-order valence-electron chi connectivity index (χ1n) is 6.85. The van der Waals surface area contributed by atoms with Crippen LogP contribution < -0.4 is 5.32 Å². The predicted octanol–water partition coefficient (Wildman–Crippen LogP) is 2.62. The smallest absolute Gasteiger partial charge is 0.254 e. The highest BCUT2D eigenvalue weighted by molar-refractivity contribution is 5.82. The van der Waals surface area contributed by atoms with E-state index in [0.717, 1.165) is 17.5 Å². The fraction of sp³-hybridized carbons (Fsp3) is 0.235. The molecule has 0 bridgehead atoms. The molecule has 20 heavy (non-hydrogen) atoms. The minimum absolute atomic E-state index is 0.0685. The van der Waals surface area contributed by atoms with E-state index in [1.54, 1.807) is 0 Å². The van der Waals surface area contributed by atoms with Crippen LogP contribution in [0.5, 0.6) is 0 Å². The Hall–Kier alpha value is -2.13.